The minimum Gasteiger partial charge on any atom is -0.432 e. The van der Waals surface area contributed by atoms with E-state index < -0.39 is 11.7 Å². The second-order valence-electron chi connectivity index (χ2n) is 8.60. The fraction of sp³-hybridized carbons (Fsp3) is 0.200. The highest BCUT2D eigenvalue weighted by molar-refractivity contribution is 6.00. The van der Waals surface area contributed by atoms with Crippen LogP contribution in [0.5, 0.6) is 0 Å². The number of nitrogens with one attached hydrogen (secondary N) is 2. The number of oxazole rings is 1. The molecular formula is C25H22FN7O2. The van der Waals surface area contributed by atoms with Crippen molar-refractivity contribution in [3.63, 3.8) is 0 Å². The summed E-state index contributed by atoms with van der Waals surface area (Å²) in [4.78, 5) is 23.1. The summed E-state index contributed by atoms with van der Waals surface area (Å²) in [6.45, 7) is 1.52. The summed E-state index contributed by atoms with van der Waals surface area (Å²) in [5.74, 6) is -0.228. The first-order valence-corrected chi connectivity index (χ1v) is 11.3. The number of halogens is 1. The van der Waals surface area contributed by atoms with Crippen LogP contribution in [0.2, 0.25) is 0 Å². The highest BCUT2D eigenvalue weighted by Crippen LogP contribution is 2.35. The van der Waals surface area contributed by atoms with Gasteiger partial charge in [-0.05, 0) is 41.8 Å². The third-order valence-corrected chi connectivity index (χ3v) is 6.26. The van der Waals surface area contributed by atoms with Crippen LogP contribution in [0.4, 0.5) is 10.2 Å². The number of carbonyl (C=O) groups is 1. The second kappa shape index (κ2) is 8.48. The van der Waals surface area contributed by atoms with Crippen LogP contribution in [0.3, 0.4) is 0 Å². The molecule has 10 heteroatoms. The maximum Gasteiger partial charge on any atom is 0.307 e. The molecule has 9 nitrogen and oxygen atoms in total. The highest BCUT2D eigenvalue weighted by atomic mass is 19.1. The van der Waals surface area contributed by atoms with Crippen molar-refractivity contribution in [2.45, 2.75) is 19.0 Å². The predicted molar refractivity (Wildman–Crippen MR) is 129 cm³/mol. The number of hydrogen-bond donors (Lipinski definition) is 3. The van der Waals surface area contributed by atoms with Crippen molar-refractivity contribution >= 4 is 33.9 Å². The molecule has 35 heavy (non-hydrogen) atoms. The maximum atomic E-state index is 15.1. The van der Waals surface area contributed by atoms with Crippen LogP contribution in [0.25, 0.3) is 33.3 Å². The zero-order valence-electron chi connectivity index (χ0n) is 18.7. The molecule has 1 fully saturated rings. The summed E-state index contributed by atoms with van der Waals surface area (Å²) in [6, 6.07) is 14.0. The molecule has 6 rings (SSSR count). The number of rotatable bonds is 5. The van der Waals surface area contributed by atoms with Gasteiger partial charge in [-0.1, -0.05) is 24.3 Å². The number of carbonyl (C=O) groups excluding carboxylic acids is 1. The zero-order valence-corrected chi connectivity index (χ0v) is 18.7. The van der Waals surface area contributed by atoms with Crippen LogP contribution in [-0.4, -0.2) is 45.2 Å². The summed E-state index contributed by atoms with van der Waals surface area (Å²) < 4.78 is 20.6. The van der Waals surface area contributed by atoms with E-state index >= 15 is 4.39 Å². The number of anilines is 1. The van der Waals surface area contributed by atoms with Gasteiger partial charge in [0.1, 0.15) is 11.3 Å². The standard InChI is InChI=1S/C25H22FN7O2/c26-18-11-14(17-7-9-28-22-21(17)23(32-31-22)33-10-8-16(27)13-33)5-6-15(18)12-29-24(34)25-30-19-3-1-2-4-20(19)35-25/h1-7,9,11,16H,8,10,12-13,27H2,(H,29,34)(H,28,31,32)/t16-/m1/s1. The third-order valence-electron chi connectivity index (χ3n) is 6.26. The molecule has 0 aliphatic carbocycles. The summed E-state index contributed by atoms with van der Waals surface area (Å²) in [7, 11) is 0. The Morgan fingerprint density at radius 1 is 1.26 bits per heavy atom. The van der Waals surface area contributed by atoms with Gasteiger partial charge >= 0.3 is 5.91 Å². The molecule has 0 saturated carbocycles. The molecule has 0 radical (unpaired) electrons. The smallest absolute Gasteiger partial charge is 0.307 e. The molecule has 1 amide bonds. The van der Waals surface area contributed by atoms with E-state index in [0.717, 1.165) is 29.7 Å². The maximum absolute atomic E-state index is 15.1. The number of aromatic nitrogens is 4. The van der Waals surface area contributed by atoms with Gasteiger partial charge in [-0.15, -0.1) is 0 Å². The largest absolute Gasteiger partial charge is 0.432 e. The topological polar surface area (TPSA) is 126 Å². The van der Waals surface area contributed by atoms with E-state index in [0.29, 0.717) is 34.4 Å². The second-order valence-corrected chi connectivity index (χ2v) is 8.60. The van der Waals surface area contributed by atoms with E-state index in [-0.39, 0.29) is 18.5 Å². The predicted octanol–water partition coefficient (Wildman–Crippen LogP) is 3.37. The Hall–Kier alpha value is -4.31. The lowest BCUT2D eigenvalue weighted by molar-refractivity contribution is 0.0918. The number of benzene rings is 2. The monoisotopic (exact) mass is 471 g/mol. The van der Waals surface area contributed by atoms with Crippen LogP contribution in [0, 0.1) is 5.82 Å². The van der Waals surface area contributed by atoms with E-state index in [1.165, 1.54) is 6.07 Å². The molecule has 5 aromatic rings. The van der Waals surface area contributed by atoms with Crippen molar-refractivity contribution < 1.29 is 13.6 Å². The molecule has 1 aliphatic rings. The van der Waals surface area contributed by atoms with Crippen molar-refractivity contribution in [1.82, 2.24) is 25.5 Å². The molecular weight excluding hydrogens is 449 g/mol. The van der Waals surface area contributed by atoms with Crippen LogP contribution in [-0.2, 0) is 6.54 Å². The molecule has 3 aromatic heterocycles. The minimum atomic E-state index is -0.507. The van der Waals surface area contributed by atoms with Gasteiger partial charge in [-0.2, -0.15) is 5.10 Å². The van der Waals surface area contributed by atoms with Crippen LogP contribution >= 0.6 is 0 Å². The molecule has 1 atom stereocenters. The summed E-state index contributed by atoms with van der Waals surface area (Å²) in [6.07, 6.45) is 2.56. The lowest BCUT2D eigenvalue weighted by Crippen LogP contribution is -2.26. The number of H-pyrrole nitrogens is 1. The van der Waals surface area contributed by atoms with Gasteiger partial charge in [0.25, 0.3) is 5.89 Å². The van der Waals surface area contributed by atoms with Crippen LogP contribution in [0.15, 0.2) is 59.1 Å². The SMILES string of the molecule is N[C@@H]1CCN(c2n[nH]c3nccc(-c4ccc(CNC(=O)c5nc6ccccc6o5)c(F)c4)c23)C1. The number of aromatic amines is 1. The Morgan fingerprint density at radius 2 is 2.14 bits per heavy atom. The van der Waals surface area contributed by atoms with E-state index in [4.69, 9.17) is 10.2 Å². The number of para-hydroxylation sites is 2. The van der Waals surface area contributed by atoms with Gasteiger partial charge in [-0.25, -0.2) is 14.4 Å². The van der Waals surface area contributed by atoms with Gasteiger partial charge in [0, 0.05) is 37.4 Å². The molecule has 0 unspecified atom stereocenters. The van der Waals surface area contributed by atoms with E-state index in [9.17, 15) is 4.79 Å². The van der Waals surface area contributed by atoms with Crippen molar-refractivity contribution in [3.05, 3.63) is 72.0 Å². The van der Waals surface area contributed by atoms with Crippen molar-refractivity contribution in [2.75, 3.05) is 18.0 Å². The Bertz CT molecular complexity index is 1530. The molecule has 4 N–H and O–H groups in total. The average molecular weight is 471 g/mol. The van der Waals surface area contributed by atoms with Crippen molar-refractivity contribution in [2.24, 2.45) is 5.73 Å². The average Bonchev–Trinajstić information content (AvgIpc) is 3.60. The number of nitrogens with zero attached hydrogens (tertiary/aromatic N) is 4. The highest BCUT2D eigenvalue weighted by Gasteiger charge is 2.25. The van der Waals surface area contributed by atoms with Crippen molar-refractivity contribution in [1.29, 1.82) is 0 Å². The number of hydrogen-bond acceptors (Lipinski definition) is 7. The number of pyridine rings is 1. The molecule has 4 heterocycles. The van der Waals surface area contributed by atoms with E-state index in [2.05, 4.69) is 30.4 Å². The third kappa shape index (κ3) is 3.87. The number of fused-ring (bicyclic) bond motifs is 2. The first kappa shape index (κ1) is 21.2. The van der Waals surface area contributed by atoms with Gasteiger partial charge < -0.3 is 20.4 Å². The molecule has 1 aliphatic heterocycles. The van der Waals surface area contributed by atoms with Gasteiger partial charge in [0.2, 0.25) is 0 Å². The Balaban J connectivity index is 1.25. The zero-order chi connectivity index (χ0) is 23.9. The van der Waals surface area contributed by atoms with E-state index in [1.54, 1.807) is 30.5 Å². The number of amides is 1. The Labute approximate surface area is 199 Å². The van der Waals surface area contributed by atoms with Crippen LogP contribution < -0.4 is 16.0 Å². The van der Waals surface area contributed by atoms with Gasteiger partial charge in [-0.3, -0.25) is 9.89 Å². The number of nitrogens with two attached hydrogens (primary N) is 1. The Morgan fingerprint density at radius 3 is 2.94 bits per heavy atom. The molecule has 176 valence electrons. The quantitative estimate of drug-likeness (QED) is 0.359. The summed E-state index contributed by atoms with van der Waals surface area (Å²) >= 11 is 0. The molecule has 1 saturated heterocycles. The Kier molecular flexibility index (Phi) is 5.14. The first-order chi connectivity index (χ1) is 17.1. The fourth-order valence-corrected chi connectivity index (χ4v) is 4.46. The van der Waals surface area contributed by atoms with E-state index in [1.807, 2.05) is 18.2 Å². The lowest BCUT2D eigenvalue weighted by atomic mass is 10.0. The van der Waals surface area contributed by atoms with Gasteiger partial charge in [0.15, 0.2) is 17.0 Å². The van der Waals surface area contributed by atoms with Crippen molar-refractivity contribution in [3.8, 4) is 11.1 Å². The fourth-order valence-electron chi connectivity index (χ4n) is 4.46. The molecule has 0 bridgehead atoms. The summed E-state index contributed by atoms with van der Waals surface area (Å²) in [5.41, 5.74) is 9.68. The first-order valence-electron chi connectivity index (χ1n) is 11.3. The molecule has 0 spiro atoms. The minimum absolute atomic E-state index is 0.00193. The van der Waals surface area contributed by atoms with Crippen LogP contribution in [0.1, 0.15) is 22.7 Å². The lowest BCUT2D eigenvalue weighted by Gasteiger charge is -2.16. The molecule has 2 aromatic carbocycles. The van der Waals surface area contributed by atoms with Gasteiger partial charge in [0.05, 0.1) is 5.39 Å². The summed E-state index contributed by atoms with van der Waals surface area (Å²) in [5, 5.41) is 10.9. The normalized spacial score (nSPS) is 15.8.